The number of carbonyl (C=O) groups is 1. The third-order valence-electron chi connectivity index (χ3n) is 7.33. The maximum Gasteiger partial charge on any atom is 0.303 e. The molecule has 0 spiro atoms. The van der Waals surface area contributed by atoms with Gasteiger partial charge in [-0.1, -0.05) is 39.5 Å². The van der Waals surface area contributed by atoms with Gasteiger partial charge in [0.2, 0.25) is 0 Å². The van der Waals surface area contributed by atoms with Crippen LogP contribution in [0.3, 0.4) is 0 Å². The highest BCUT2D eigenvalue weighted by atomic mass is 16.4. The third kappa shape index (κ3) is 2.10. The maximum atomic E-state index is 11.2. The molecule has 3 rings (SSSR count). The lowest BCUT2D eigenvalue weighted by Crippen LogP contribution is -2.39. The van der Waals surface area contributed by atoms with Crippen LogP contribution in [0.4, 0.5) is 0 Å². The Labute approximate surface area is 123 Å². The molecule has 3 fully saturated rings. The quantitative estimate of drug-likeness (QED) is 0.810. The van der Waals surface area contributed by atoms with E-state index in [1.165, 1.54) is 51.4 Å². The average Bonchev–Trinajstić information content (AvgIpc) is 2.71. The fraction of sp³-hybridized carbons (Fsp3) is 0.944. The minimum atomic E-state index is -0.606. The highest BCUT2D eigenvalue weighted by molar-refractivity contribution is 5.67. The van der Waals surface area contributed by atoms with E-state index in [0.717, 1.165) is 23.7 Å². The molecule has 0 aromatic carbocycles. The number of fused-ring (bicyclic) bond motifs is 3. The Kier molecular flexibility index (Phi) is 3.85. The van der Waals surface area contributed by atoms with E-state index in [0.29, 0.717) is 12.3 Å². The van der Waals surface area contributed by atoms with Crippen LogP contribution in [0.1, 0.15) is 71.6 Å². The molecule has 3 aliphatic rings. The molecular formula is C18H30O2. The van der Waals surface area contributed by atoms with Crippen LogP contribution in [-0.4, -0.2) is 11.1 Å². The van der Waals surface area contributed by atoms with E-state index in [1.54, 1.807) is 0 Å². The maximum absolute atomic E-state index is 11.2. The van der Waals surface area contributed by atoms with Gasteiger partial charge in [-0.05, 0) is 60.7 Å². The third-order valence-corrected chi connectivity index (χ3v) is 7.33. The molecule has 0 aliphatic heterocycles. The first-order chi connectivity index (χ1) is 9.55. The minimum absolute atomic E-state index is 0.286. The number of hydrogen-bond donors (Lipinski definition) is 1. The van der Waals surface area contributed by atoms with Crippen LogP contribution in [0.15, 0.2) is 0 Å². The van der Waals surface area contributed by atoms with Crippen molar-refractivity contribution in [2.45, 2.75) is 71.6 Å². The van der Waals surface area contributed by atoms with Crippen LogP contribution in [0.5, 0.6) is 0 Å². The Morgan fingerprint density at radius 1 is 1.05 bits per heavy atom. The summed E-state index contributed by atoms with van der Waals surface area (Å²) in [6.07, 6.45) is 11.5. The van der Waals surface area contributed by atoms with E-state index in [1.807, 2.05) is 0 Å². The highest BCUT2D eigenvalue weighted by Crippen LogP contribution is 2.66. The molecule has 3 aliphatic carbocycles. The van der Waals surface area contributed by atoms with Crippen LogP contribution < -0.4 is 0 Å². The van der Waals surface area contributed by atoms with Crippen molar-refractivity contribution in [1.29, 1.82) is 0 Å². The Hall–Kier alpha value is -0.530. The second-order valence-electron chi connectivity index (χ2n) is 7.97. The van der Waals surface area contributed by atoms with Crippen LogP contribution in [-0.2, 0) is 4.79 Å². The first-order valence-electron chi connectivity index (χ1n) is 8.77. The molecule has 0 unspecified atom stereocenters. The summed E-state index contributed by atoms with van der Waals surface area (Å²) in [5.41, 5.74) is 0.286. The van der Waals surface area contributed by atoms with E-state index in [2.05, 4.69) is 13.8 Å². The monoisotopic (exact) mass is 278 g/mol. The fourth-order valence-corrected chi connectivity index (χ4v) is 6.38. The summed E-state index contributed by atoms with van der Waals surface area (Å²) in [4.78, 5) is 11.2. The average molecular weight is 278 g/mol. The molecule has 114 valence electrons. The van der Waals surface area contributed by atoms with Crippen molar-refractivity contribution in [3.05, 3.63) is 0 Å². The van der Waals surface area contributed by atoms with Gasteiger partial charge in [0.25, 0.3) is 0 Å². The van der Waals surface area contributed by atoms with Gasteiger partial charge in [0.15, 0.2) is 0 Å². The molecule has 0 bridgehead atoms. The molecule has 2 nitrogen and oxygen atoms in total. The minimum Gasteiger partial charge on any atom is -0.481 e. The second-order valence-corrected chi connectivity index (χ2v) is 7.97. The highest BCUT2D eigenvalue weighted by Gasteiger charge is 2.59. The normalized spacial score (nSPS) is 40.7. The molecule has 0 heterocycles. The summed E-state index contributed by atoms with van der Waals surface area (Å²) in [6, 6.07) is 0. The van der Waals surface area contributed by atoms with Gasteiger partial charge in [0.05, 0.1) is 0 Å². The number of aliphatic carboxylic acids is 1. The molecule has 0 aromatic heterocycles. The zero-order valence-corrected chi connectivity index (χ0v) is 13.1. The smallest absolute Gasteiger partial charge is 0.303 e. The van der Waals surface area contributed by atoms with Crippen molar-refractivity contribution in [2.24, 2.45) is 35.0 Å². The van der Waals surface area contributed by atoms with Crippen molar-refractivity contribution < 1.29 is 9.90 Å². The molecule has 5 atom stereocenters. The predicted molar refractivity (Wildman–Crippen MR) is 80.4 cm³/mol. The summed E-state index contributed by atoms with van der Waals surface area (Å²) >= 11 is 0. The second kappa shape index (κ2) is 5.35. The fourth-order valence-electron chi connectivity index (χ4n) is 6.38. The van der Waals surface area contributed by atoms with Crippen molar-refractivity contribution in [3.8, 4) is 0 Å². The molecule has 0 radical (unpaired) electrons. The summed E-state index contributed by atoms with van der Waals surface area (Å²) < 4.78 is 0. The number of hydrogen-bond acceptors (Lipinski definition) is 1. The molecule has 1 N–H and O–H groups in total. The van der Waals surface area contributed by atoms with Crippen molar-refractivity contribution in [3.63, 3.8) is 0 Å². The van der Waals surface area contributed by atoms with Gasteiger partial charge in [-0.2, -0.15) is 0 Å². The predicted octanol–water partition coefficient (Wildman–Crippen LogP) is 4.73. The first kappa shape index (κ1) is 14.4. The molecule has 20 heavy (non-hydrogen) atoms. The first-order valence-corrected chi connectivity index (χ1v) is 8.77. The Morgan fingerprint density at radius 2 is 1.50 bits per heavy atom. The van der Waals surface area contributed by atoms with Crippen LogP contribution in [0, 0.1) is 35.0 Å². The molecule has 0 aromatic rings. The van der Waals surface area contributed by atoms with Gasteiger partial charge in [-0.15, -0.1) is 0 Å². The number of carboxylic acids is 1. The zero-order chi connectivity index (χ0) is 14.3. The number of carboxylic acid groups (broad SMARTS) is 1. The lowest BCUT2D eigenvalue weighted by atomic mass is 9.60. The standard InChI is InChI=1S/C18H30O2/c1-12(11-17(19)20)18(2)15-9-5-3-7-13(15)14-8-4-6-10-16(14)18/h12-16H,3-11H2,1-2H3,(H,19,20)/t12-,13-,14-,15+,16+/m1/s1. The lowest BCUT2D eigenvalue weighted by Gasteiger charge is -2.45. The zero-order valence-electron chi connectivity index (χ0n) is 13.1. The summed E-state index contributed by atoms with van der Waals surface area (Å²) in [6.45, 7) is 4.68. The SMILES string of the molecule is C[C@H](CC(=O)O)C1(C)[C@H]2CCCC[C@@H]2[C@H]2CCCC[C@@H]21. The molecule has 3 saturated carbocycles. The van der Waals surface area contributed by atoms with Crippen molar-refractivity contribution in [1.82, 2.24) is 0 Å². The summed E-state index contributed by atoms with van der Waals surface area (Å²) in [7, 11) is 0. The van der Waals surface area contributed by atoms with Gasteiger partial charge < -0.3 is 5.11 Å². The van der Waals surface area contributed by atoms with E-state index >= 15 is 0 Å². The van der Waals surface area contributed by atoms with Gasteiger partial charge in [0.1, 0.15) is 0 Å². The molecule has 2 heteroatoms. The Bertz CT molecular complexity index is 354. The van der Waals surface area contributed by atoms with Crippen LogP contribution in [0.25, 0.3) is 0 Å². The van der Waals surface area contributed by atoms with E-state index in [9.17, 15) is 9.90 Å². The van der Waals surface area contributed by atoms with Gasteiger partial charge >= 0.3 is 5.97 Å². The van der Waals surface area contributed by atoms with E-state index in [4.69, 9.17) is 0 Å². The van der Waals surface area contributed by atoms with E-state index in [-0.39, 0.29) is 5.41 Å². The van der Waals surface area contributed by atoms with Crippen molar-refractivity contribution >= 4 is 5.97 Å². The summed E-state index contributed by atoms with van der Waals surface area (Å²) in [5, 5.41) is 9.25. The van der Waals surface area contributed by atoms with Gasteiger partial charge in [0, 0.05) is 6.42 Å². The number of rotatable bonds is 3. The van der Waals surface area contributed by atoms with Crippen molar-refractivity contribution in [2.75, 3.05) is 0 Å². The lowest BCUT2D eigenvalue weighted by molar-refractivity contribution is -0.140. The summed E-state index contributed by atoms with van der Waals surface area (Å²) in [5.74, 6) is 3.16. The molecular weight excluding hydrogens is 248 g/mol. The van der Waals surface area contributed by atoms with Gasteiger partial charge in [-0.3, -0.25) is 4.79 Å². The Balaban J connectivity index is 1.91. The molecule has 0 amide bonds. The Morgan fingerprint density at radius 3 is 1.95 bits per heavy atom. The van der Waals surface area contributed by atoms with E-state index < -0.39 is 5.97 Å². The topological polar surface area (TPSA) is 37.3 Å². The largest absolute Gasteiger partial charge is 0.481 e. The van der Waals surface area contributed by atoms with Crippen LogP contribution in [0.2, 0.25) is 0 Å². The van der Waals surface area contributed by atoms with Crippen LogP contribution >= 0.6 is 0 Å². The molecule has 0 saturated heterocycles. The van der Waals surface area contributed by atoms with Gasteiger partial charge in [-0.25, -0.2) is 0 Å².